The van der Waals surface area contributed by atoms with Crippen LogP contribution in [-0.4, -0.2) is 16.6 Å². The maximum atomic E-state index is 9.18. The second kappa shape index (κ2) is 5.70. The summed E-state index contributed by atoms with van der Waals surface area (Å²) in [4.78, 5) is 8.74. The fourth-order valence-corrected chi connectivity index (χ4v) is 2.44. The summed E-state index contributed by atoms with van der Waals surface area (Å²) < 4.78 is 5.68. The molecule has 0 saturated carbocycles. The van der Waals surface area contributed by atoms with Crippen molar-refractivity contribution in [2.45, 2.75) is 25.7 Å². The lowest BCUT2D eigenvalue weighted by Gasteiger charge is -2.08. The Hall–Kier alpha value is -2.41. The highest BCUT2D eigenvalue weighted by atomic mass is 16.5. The molecule has 2 aromatic rings. The van der Waals surface area contributed by atoms with Crippen LogP contribution in [0.5, 0.6) is 5.88 Å². The SMILES string of the molecule is N#Cc1cc2c(nc1OCCc1ccccn1)CCC2. The number of aryl methyl sites for hydroxylation is 2. The van der Waals surface area contributed by atoms with Gasteiger partial charge in [-0.15, -0.1) is 0 Å². The average molecular weight is 265 g/mol. The second-order valence-corrected chi connectivity index (χ2v) is 4.83. The normalized spacial score (nSPS) is 12.8. The molecule has 0 saturated heterocycles. The highest BCUT2D eigenvalue weighted by molar-refractivity contribution is 5.44. The topological polar surface area (TPSA) is 58.8 Å². The van der Waals surface area contributed by atoms with Crippen LogP contribution < -0.4 is 4.74 Å². The lowest BCUT2D eigenvalue weighted by Crippen LogP contribution is -2.06. The largest absolute Gasteiger partial charge is 0.476 e. The number of fused-ring (bicyclic) bond motifs is 1. The first-order valence-electron chi connectivity index (χ1n) is 6.82. The third-order valence-electron chi connectivity index (χ3n) is 3.46. The van der Waals surface area contributed by atoms with Crippen molar-refractivity contribution in [2.75, 3.05) is 6.61 Å². The fraction of sp³-hybridized carbons (Fsp3) is 0.312. The molecule has 2 heterocycles. The molecule has 0 unspecified atom stereocenters. The Morgan fingerprint density at radius 2 is 2.25 bits per heavy atom. The van der Waals surface area contributed by atoms with Crippen molar-refractivity contribution in [2.24, 2.45) is 0 Å². The first-order valence-corrected chi connectivity index (χ1v) is 6.82. The van der Waals surface area contributed by atoms with E-state index in [1.54, 1.807) is 6.20 Å². The molecular weight excluding hydrogens is 250 g/mol. The van der Waals surface area contributed by atoms with Crippen LogP contribution in [0.25, 0.3) is 0 Å². The van der Waals surface area contributed by atoms with Gasteiger partial charge in [-0.2, -0.15) is 5.26 Å². The molecule has 100 valence electrons. The molecule has 20 heavy (non-hydrogen) atoms. The molecule has 0 radical (unpaired) electrons. The quantitative estimate of drug-likeness (QED) is 0.852. The van der Waals surface area contributed by atoms with E-state index >= 15 is 0 Å². The van der Waals surface area contributed by atoms with E-state index in [0.29, 0.717) is 24.5 Å². The van der Waals surface area contributed by atoms with Gasteiger partial charge in [-0.05, 0) is 43.0 Å². The molecule has 1 aliphatic carbocycles. The first-order chi connectivity index (χ1) is 9.86. The van der Waals surface area contributed by atoms with Crippen LogP contribution in [-0.2, 0) is 19.3 Å². The summed E-state index contributed by atoms with van der Waals surface area (Å²) in [6, 6.07) is 9.90. The van der Waals surface area contributed by atoms with Gasteiger partial charge in [-0.3, -0.25) is 4.98 Å². The fourth-order valence-electron chi connectivity index (χ4n) is 2.44. The van der Waals surface area contributed by atoms with Crippen molar-refractivity contribution < 1.29 is 4.74 Å². The molecule has 4 heteroatoms. The van der Waals surface area contributed by atoms with Gasteiger partial charge >= 0.3 is 0 Å². The molecule has 0 N–H and O–H groups in total. The van der Waals surface area contributed by atoms with Crippen LogP contribution in [0.1, 0.15) is 28.9 Å². The predicted molar refractivity (Wildman–Crippen MR) is 74.4 cm³/mol. The number of pyridine rings is 2. The number of nitriles is 1. The van der Waals surface area contributed by atoms with E-state index in [1.807, 2.05) is 24.3 Å². The van der Waals surface area contributed by atoms with E-state index < -0.39 is 0 Å². The molecule has 0 fully saturated rings. The van der Waals surface area contributed by atoms with E-state index in [1.165, 1.54) is 5.56 Å². The van der Waals surface area contributed by atoms with E-state index in [-0.39, 0.29) is 0 Å². The van der Waals surface area contributed by atoms with Gasteiger partial charge in [-0.25, -0.2) is 4.98 Å². The Kier molecular flexibility index (Phi) is 3.60. The Labute approximate surface area is 118 Å². The minimum absolute atomic E-state index is 0.462. The zero-order chi connectivity index (χ0) is 13.8. The van der Waals surface area contributed by atoms with Gasteiger partial charge in [0.2, 0.25) is 5.88 Å². The highest BCUT2D eigenvalue weighted by Gasteiger charge is 2.17. The lowest BCUT2D eigenvalue weighted by atomic mass is 10.1. The Morgan fingerprint density at radius 3 is 3.05 bits per heavy atom. The summed E-state index contributed by atoms with van der Waals surface area (Å²) >= 11 is 0. The summed E-state index contributed by atoms with van der Waals surface area (Å²) in [5.41, 5.74) is 3.79. The van der Waals surface area contributed by atoms with E-state index in [4.69, 9.17) is 4.74 Å². The second-order valence-electron chi connectivity index (χ2n) is 4.83. The van der Waals surface area contributed by atoms with Crippen LogP contribution in [0.2, 0.25) is 0 Å². The standard InChI is InChI=1S/C16H15N3O/c17-11-13-10-12-4-3-6-15(12)19-16(13)20-9-7-14-5-1-2-8-18-14/h1-2,5,8,10H,3-4,6-7,9H2. The molecule has 0 bridgehead atoms. The molecule has 4 nitrogen and oxygen atoms in total. The number of hydrogen-bond acceptors (Lipinski definition) is 4. The third kappa shape index (κ3) is 2.62. The van der Waals surface area contributed by atoms with Crippen molar-refractivity contribution in [3.8, 4) is 11.9 Å². The zero-order valence-corrected chi connectivity index (χ0v) is 11.2. The number of aromatic nitrogens is 2. The van der Waals surface area contributed by atoms with Gasteiger partial charge in [0.25, 0.3) is 0 Å². The van der Waals surface area contributed by atoms with Gasteiger partial charge in [0.1, 0.15) is 11.6 Å². The molecule has 0 atom stereocenters. The van der Waals surface area contributed by atoms with Gasteiger partial charge in [-0.1, -0.05) is 6.07 Å². The maximum absolute atomic E-state index is 9.18. The van der Waals surface area contributed by atoms with Crippen molar-refractivity contribution in [1.29, 1.82) is 5.26 Å². The third-order valence-corrected chi connectivity index (χ3v) is 3.46. The smallest absolute Gasteiger partial charge is 0.231 e. The number of nitrogens with zero attached hydrogens (tertiary/aromatic N) is 3. The van der Waals surface area contributed by atoms with Crippen LogP contribution in [0.15, 0.2) is 30.5 Å². The zero-order valence-electron chi connectivity index (χ0n) is 11.2. The van der Waals surface area contributed by atoms with Crippen molar-refractivity contribution >= 4 is 0 Å². The number of ether oxygens (including phenoxy) is 1. The Morgan fingerprint density at radius 1 is 1.30 bits per heavy atom. The van der Waals surface area contributed by atoms with Gasteiger partial charge in [0, 0.05) is 24.0 Å². The molecule has 0 amide bonds. The van der Waals surface area contributed by atoms with Crippen LogP contribution in [0.3, 0.4) is 0 Å². The summed E-state index contributed by atoms with van der Waals surface area (Å²) in [5, 5.41) is 9.18. The van der Waals surface area contributed by atoms with Crippen molar-refractivity contribution in [3.05, 3.63) is 53.0 Å². The average Bonchev–Trinajstić information content (AvgIpc) is 2.94. The molecule has 1 aliphatic rings. The van der Waals surface area contributed by atoms with Crippen LogP contribution in [0.4, 0.5) is 0 Å². The van der Waals surface area contributed by atoms with Crippen molar-refractivity contribution in [3.63, 3.8) is 0 Å². The molecule has 0 spiro atoms. The minimum atomic E-state index is 0.462. The van der Waals surface area contributed by atoms with E-state index in [0.717, 1.165) is 30.7 Å². The van der Waals surface area contributed by atoms with Gasteiger partial charge < -0.3 is 4.74 Å². The number of hydrogen-bond donors (Lipinski definition) is 0. The highest BCUT2D eigenvalue weighted by Crippen LogP contribution is 2.26. The first kappa shape index (κ1) is 12.6. The lowest BCUT2D eigenvalue weighted by molar-refractivity contribution is 0.306. The van der Waals surface area contributed by atoms with E-state index in [2.05, 4.69) is 16.0 Å². The van der Waals surface area contributed by atoms with E-state index in [9.17, 15) is 5.26 Å². The Balaban J connectivity index is 1.70. The summed E-state index contributed by atoms with van der Waals surface area (Å²) in [6.07, 6.45) is 5.60. The maximum Gasteiger partial charge on any atom is 0.231 e. The minimum Gasteiger partial charge on any atom is -0.476 e. The molecule has 2 aromatic heterocycles. The van der Waals surface area contributed by atoms with Crippen LogP contribution >= 0.6 is 0 Å². The summed E-state index contributed by atoms with van der Waals surface area (Å²) in [7, 11) is 0. The van der Waals surface area contributed by atoms with Gasteiger partial charge in [0.05, 0.1) is 6.61 Å². The van der Waals surface area contributed by atoms with Gasteiger partial charge in [0.15, 0.2) is 0 Å². The Bertz CT molecular complexity index is 647. The monoisotopic (exact) mass is 265 g/mol. The molecule has 3 rings (SSSR count). The number of rotatable bonds is 4. The van der Waals surface area contributed by atoms with Crippen molar-refractivity contribution in [1.82, 2.24) is 9.97 Å². The summed E-state index contributed by atoms with van der Waals surface area (Å²) in [5.74, 6) is 0.462. The molecule has 0 aromatic carbocycles. The summed E-state index contributed by atoms with van der Waals surface area (Å²) in [6.45, 7) is 0.484. The predicted octanol–water partition coefficient (Wildman–Crippen LogP) is 2.46. The molecule has 0 aliphatic heterocycles. The molecular formula is C16H15N3O. The van der Waals surface area contributed by atoms with Crippen LogP contribution in [0, 0.1) is 11.3 Å².